The standard InChI is InChI=1S/C22H28N4O2/c1-14(23)21(24-2)17-10-20-22(25-11-17)18-4-3-16(13-27)9-19(18)26(20)12-15-5-7-28-8-6-15/h3-4,9-11,15,24,27H,5-8,12-13,23H2,1-2H3/b21-14-. The molecule has 0 amide bonds. The molecule has 148 valence electrons. The monoisotopic (exact) mass is 380 g/mol. The molecule has 0 saturated carbocycles. The number of nitrogens with two attached hydrogens (primary N) is 1. The minimum Gasteiger partial charge on any atom is -0.401 e. The van der Waals surface area contributed by atoms with E-state index in [1.165, 1.54) is 0 Å². The van der Waals surface area contributed by atoms with Crippen LogP contribution in [0.5, 0.6) is 0 Å². The van der Waals surface area contributed by atoms with Gasteiger partial charge in [-0.25, -0.2) is 0 Å². The number of nitrogens with zero attached hydrogens (tertiary/aromatic N) is 2. The topological polar surface area (TPSA) is 85.3 Å². The Morgan fingerprint density at radius 1 is 1.29 bits per heavy atom. The number of aliphatic hydroxyl groups excluding tert-OH is 1. The molecule has 6 nitrogen and oxygen atoms in total. The molecule has 1 saturated heterocycles. The van der Waals surface area contributed by atoms with Gasteiger partial charge in [-0.1, -0.05) is 12.1 Å². The van der Waals surface area contributed by atoms with E-state index in [2.05, 4.69) is 28.1 Å². The maximum atomic E-state index is 9.62. The lowest BCUT2D eigenvalue weighted by Crippen LogP contribution is -2.20. The summed E-state index contributed by atoms with van der Waals surface area (Å²) in [6.45, 7) is 4.50. The highest BCUT2D eigenvalue weighted by atomic mass is 16.5. The first-order valence-electron chi connectivity index (χ1n) is 9.86. The molecule has 0 unspecified atom stereocenters. The first-order valence-corrected chi connectivity index (χ1v) is 9.86. The summed E-state index contributed by atoms with van der Waals surface area (Å²) in [4.78, 5) is 4.79. The van der Waals surface area contributed by atoms with Gasteiger partial charge >= 0.3 is 0 Å². The van der Waals surface area contributed by atoms with Crippen LogP contribution in [0.2, 0.25) is 0 Å². The maximum Gasteiger partial charge on any atom is 0.0960 e. The minimum absolute atomic E-state index is 0.0341. The van der Waals surface area contributed by atoms with Crippen LogP contribution in [0.1, 0.15) is 30.9 Å². The molecule has 1 aliphatic rings. The smallest absolute Gasteiger partial charge is 0.0960 e. The zero-order valence-electron chi connectivity index (χ0n) is 16.5. The number of aliphatic hydroxyl groups is 1. The van der Waals surface area contributed by atoms with Crippen LogP contribution in [-0.4, -0.2) is 34.9 Å². The van der Waals surface area contributed by atoms with Crippen molar-refractivity contribution in [1.82, 2.24) is 14.9 Å². The number of nitrogens with one attached hydrogen (secondary N) is 1. The summed E-state index contributed by atoms with van der Waals surface area (Å²) in [5.74, 6) is 0.574. The van der Waals surface area contributed by atoms with E-state index in [0.717, 1.165) is 77.1 Å². The normalized spacial score (nSPS) is 16.5. The van der Waals surface area contributed by atoms with Crippen LogP contribution in [0.25, 0.3) is 27.6 Å². The molecule has 1 aromatic carbocycles. The highest BCUT2D eigenvalue weighted by molar-refractivity contribution is 6.06. The first kappa shape index (κ1) is 18.8. The second kappa shape index (κ2) is 7.81. The summed E-state index contributed by atoms with van der Waals surface area (Å²) in [7, 11) is 1.88. The van der Waals surface area contributed by atoms with Crippen LogP contribution >= 0.6 is 0 Å². The molecule has 1 fully saturated rings. The van der Waals surface area contributed by atoms with Gasteiger partial charge in [-0.2, -0.15) is 0 Å². The third-order valence-corrected chi connectivity index (χ3v) is 5.66. The molecule has 28 heavy (non-hydrogen) atoms. The highest BCUT2D eigenvalue weighted by Crippen LogP contribution is 2.32. The minimum atomic E-state index is 0.0341. The summed E-state index contributed by atoms with van der Waals surface area (Å²) in [5.41, 5.74) is 12.8. The lowest BCUT2D eigenvalue weighted by atomic mass is 10.0. The van der Waals surface area contributed by atoms with E-state index in [9.17, 15) is 5.11 Å². The average Bonchev–Trinajstić information content (AvgIpc) is 3.01. The van der Waals surface area contributed by atoms with Crippen molar-refractivity contribution in [2.45, 2.75) is 32.9 Å². The van der Waals surface area contributed by atoms with Crippen LogP contribution in [0.15, 0.2) is 36.2 Å². The second-order valence-electron chi connectivity index (χ2n) is 7.58. The average molecular weight is 380 g/mol. The number of fused-ring (bicyclic) bond motifs is 3. The van der Waals surface area contributed by atoms with E-state index in [1.54, 1.807) is 0 Å². The fourth-order valence-corrected chi connectivity index (χ4v) is 4.19. The SMILES string of the molecule is CN/C(=C(/C)N)c1cnc2c3ccc(CO)cc3n(CC3CCOCC3)c2c1. The molecule has 0 aliphatic carbocycles. The molecule has 6 heteroatoms. The van der Waals surface area contributed by atoms with Crippen molar-refractivity contribution in [2.24, 2.45) is 11.7 Å². The van der Waals surface area contributed by atoms with E-state index < -0.39 is 0 Å². The summed E-state index contributed by atoms with van der Waals surface area (Å²) < 4.78 is 7.90. The van der Waals surface area contributed by atoms with E-state index in [-0.39, 0.29) is 6.61 Å². The third kappa shape index (κ3) is 3.34. The van der Waals surface area contributed by atoms with Gasteiger partial charge in [-0.05, 0) is 43.4 Å². The number of hydrogen-bond donors (Lipinski definition) is 3. The predicted octanol–water partition coefficient (Wildman–Crippen LogP) is 2.98. The van der Waals surface area contributed by atoms with Crippen LogP contribution in [-0.2, 0) is 17.9 Å². The van der Waals surface area contributed by atoms with Crippen LogP contribution in [0.4, 0.5) is 0 Å². The summed E-state index contributed by atoms with van der Waals surface area (Å²) >= 11 is 0. The fraction of sp³-hybridized carbons (Fsp3) is 0.409. The number of pyridine rings is 1. The summed E-state index contributed by atoms with van der Waals surface area (Å²) in [6, 6.07) is 8.29. The third-order valence-electron chi connectivity index (χ3n) is 5.66. The number of benzene rings is 1. The molecular formula is C22H28N4O2. The van der Waals surface area contributed by atoms with Crippen molar-refractivity contribution in [3.05, 3.63) is 47.3 Å². The van der Waals surface area contributed by atoms with Gasteiger partial charge in [0, 0.05) is 49.6 Å². The van der Waals surface area contributed by atoms with E-state index in [4.69, 9.17) is 15.5 Å². The fourth-order valence-electron chi connectivity index (χ4n) is 4.19. The highest BCUT2D eigenvalue weighted by Gasteiger charge is 2.19. The molecule has 4 N–H and O–H groups in total. The lowest BCUT2D eigenvalue weighted by Gasteiger charge is -2.23. The number of hydrogen-bond acceptors (Lipinski definition) is 5. The Bertz CT molecular complexity index is 1030. The van der Waals surface area contributed by atoms with E-state index >= 15 is 0 Å². The Morgan fingerprint density at radius 3 is 2.75 bits per heavy atom. The van der Waals surface area contributed by atoms with Gasteiger partial charge in [0.25, 0.3) is 0 Å². The van der Waals surface area contributed by atoms with Gasteiger partial charge in [0.15, 0.2) is 0 Å². The van der Waals surface area contributed by atoms with Gasteiger partial charge in [0.1, 0.15) is 0 Å². The van der Waals surface area contributed by atoms with Crippen LogP contribution < -0.4 is 11.1 Å². The zero-order chi connectivity index (χ0) is 19.7. The Morgan fingerprint density at radius 2 is 2.07 bits per heavy atom. The maximum absolute atomic E-state index is 9.62. The number of ether oxygens (including phenoxy) is 1. The molecule has 2 aromatic heterocycles. The molecule has 3 heterocycles. The van der Waals surface area contributed by atoms with Crippen molar-refractivity contribution < 1.29 is 9.84 Å². The number of rotatable bonds is 5. The Kier molecular flexibility index (Phi) is 5.24. The van der Waals surface area contributed by atoms with Crippen molar-refractivity contribution >= 4 is 27.6 Å². The first-order chi connectivity index (χ1) is 13.6. The lowest BCUT2D eigenvalue weighted by molar-refractivity contribution is 0.0620. The molecule has 0 atom stereocenters. The number of allylic oxidation sites excluding steroid dienone is 1. The molecule has 0 radical (unpaired) electrons. The van der Waals surface area contributed by atoms with Crippen molar-refractivity contribution in [3.63, 3.8) is 0 Å². The van der Waals surface area contributed by atoms with Crippen LogP contribution in [0.3, 0.4) is 0 Å². The van der Waals surface area contributed by atoms with Gasteiger partial charge in [0.05, 0.1) is 28.9 Å². The van der Waals surface area contributed by atoms with Gasteiger partial charge in [0.2, 0.25) is 0 Å². The predicted molar refractivity (Wildman–Crippen MR) is 113 cm³/mol. The van der Waals surface area contributed by atoms with Gasteiger partial charge < -0.3 is 25.5 Å². The molecule has 4 rings (SSSR count). The van der Waals surface area contributed by atoms with E-state index in [1.807, 2.05) is 26.2 Å². The quantitative estimate of drug-likeness (QED) is 0.634. The summed E-state index contributed by atoms with van der Waals surface area (Å²) in [5, 5.41) is 13.9. The van der Waals surface area contributed by atoms with E-state index in [0.29, 0.717) is 5.92 Å². The zero-order valence-corrected chi connectivity index (χ0v) is 16.5. The largest absolute Gasteiger partial charge is 0.401 e. The summed E-state index contributed by atoms with van der Waals surface area (Å²) in [6.07, 6.45) is 4.01. The molecule has 0 bridgehead atoms. The Balaban J connectivity index is 1.92. The number of aromatic nitrogens is 2. The Hall–Kier alpha value is -2.57. The van der Waals surface area contributed by atoms with Gasteiger partial charge in [-0.15, -0.1) is 0 Å². The van der Waals surface area contributed by atoms with Crippen LogP contribution in [0, 0.1) is 5.92 Å². The molecule has 1 aliphatic heterocycles. The van der Waals surface area contributed by atoms with Crippen molar-refractivity contribution in [2.75, 3.05) is 20.3 Å². The Labute approximate surface area is 165 Å². The van der Waals surface area contributed by atoms with Crippen molar-refractivity contribution in [1.29, 1.82) is 0 Å². The molecule has 0 spiro atoms. The van der Waals surface area contributed by atoms with Gasteiger partial charge in [-0.3, -0.25) is 4.98 Å². The molecular weight excluding hydrogens is 352 g/mol. The second-order valence-corrected chi connectivity index (χ2v) is 7.58. The molecule has 3 aromatic rings. The van der Waals surface area contributed by atoms with Crippen molar-refractivity contribution in [3.8, 4) is 0 Å².